The van der Waals surface area contributed by atoms with E-state index in [1.807, 2.05) is 68.0 Å². The molecule has 5 amide bonds. The van der Waals surface area contributed by atoms with Crippen molar-refractivity contribution in [3.8, 4) is 10.4 Å². The number of nitrogens with one attached hydrogen (secondary N) is 4. The number of carbonyl (C=O) groups excluding carboxylic acids is 5. The first kappa shape index (κ1) is 62.9. The Labute approximate surface area is 499 Å². The third-order valence-electron chi connectivity index (χ3n) is 16.3. The molecule has 86 heavy (non-hydrogen) atoms. The molecule has 3 saturated heterocycles. The van der Waals surface area contributed by atoms with Gasteiger partial charge in [-0.25, -0.2) is 19.3 Å². The number of ether oxygens (including phenoxy) is 1. The molecule has 26 heteroatoms. The number of alkyl halides is 3. The van der Waals surface area contributed by atoms with Crippen molar-refractivity contribution >= 4 is 63.8 Å². The molecule has 1 unspecified atom stereocenters. The van der Waals surface area contributed by atoms with Gasteiger partial charge >= 0.3 is 6.18 Å². The van der Waals surface area contributed by atoms with Crippen LogP contribution >= 0.6 is 11.3 Å². The van der Waals surface area contributed by atoms with Crippen LogP contribution in [0.3, 0.4) is 0 Å². The number of benzene rings is 2. The first-order chi connectivity index (χ1) is 40.8. The molecule has 0 aliphatic carbocycles. The van der Waals surface area contributed by atoms with E-state index in [1.165, 1.54) is 17.0 Å². The molecule has 9 rings (SSSR count). The summed E-state index contributed by atoms with van der Waals surface area (Å²) >= 11 is 1.55. The Morgan fingerprint density at radius 1 is 0.895 bits per heavy atom. The molecule has 7 heterocycles. The van der Waals surface area contributed by atoms with Crippen LogP contribution in [-0.4, -0.2) is 184 Å². The molecule has 3 aromatic heterocycles. The van der Waals surface area contributed by atoms with E-state index in [4.69, 9.17) is 4.74 Å². The number of aromatic nitrogens is 4. The number of carbonyl (C=O) groups is 5. The number of halogens is 4. The molecule has 21 nitrogen and oxygen atoms in total. The number of aromatic amines is 1. The van der Waals surface area contributed by atoms with Crippen LogP contribution in [0.2, 0.25) is 0 Å². The van der Waals surface area contributed by atoms with Gasteiger partial charge < -0.3 is 50.4 Å². The molecule has 0 radical (unpaired) electrons. The summed E-state index contributed by atoms with van der Waals surface area (Å²) in [6.45, 7) is 14.7. The summed E-state index contributed by atoms with van der Waals surface area (Å²) in [5.41, 5.74) is 2.71. The SMILES string of the molecule is Cc1ncsc1-c1ccc(CNC(=O)[C@@H]2C[C@@H](O)CN2C(=O)C(NC(=O)COCC(=O)N2CCN(Cc3cnc(N4CC=C(c5cc(NC(=O)c6c[nH]c(=O)cc6C(F)(F)F)c(N6C[C@@H](C)N(C)[C@@H](C)C6)cc5F)CC4)nc3)CC2)C(C)(C)C)cc1. The number of amides is 5. The van der Waals surface area contributed by atoms with Gasteiger partial charge in [0, 0.05) is 126 Å². The predicted octanol–water partition coefficient (Wildman–Crippen LogP) is 5.30. The highest BCUT2D eigenvalue weighted by Crippen LogP contribution is 2.38. The second-order valence-electron chi connectivity index (χ2n) is 23.6. The van der Waals surface area contributed by atoms with Crippen molar-refractivity contribution in [2.45, 2.75) is 104 Å². The number of anilines is 3. The van der Waals surface area contributed by atoms with Gasteiger partial charge in [0.15, 0.2) is 0 Å². The quantitative estimate of drug-likeness (QED) is 0.0743. The highest BCUT2D eigenvalue weighted by molar-refractivity contribution is 7.13. The third-order valence-corrected chi connectivity index (χ3v) is 17.3. The van der Waals surface area contributed by atoms with E-state index in [0.29, 0.717) is 88.6 Å². The summed E-state index contributed by atoms with van der Waals surface area (Å²) in [5.74, 6) is -3.08. The minimum absolute atomic E-state index is 0.0397. The molecule has 0 bridgehead atoms. The van der Waals surface area contributed by atoms with Crippen LogP contribution in [0.4, 0.5) is 34.9 Å². The molecule has 0 saturated carbocycles. The molecule has 0 spiro atoms. The van der Waals surface area contributed by atoms with Gasteiger partial charge in [-0.3, -0.25) is 38.6 Å². The smallest absolute Gasteiger partial charge is 0.391 e. The number of nitrogens with zero attached hydrogens (tertiary/aromatic N) is 9. The molecule has 2 aromatic carbocycles. The maximum atomic E-state index is 16.3. The minimum atomic E-state index is -4.99. The number of hydrogen-bond acceptors (Lipinski definition) is 16. The number of rotatable bonds is 17. The van der Waals surface area contributed by atoms with Gasteiger partial charge in [-0.05, 0) is 68.5 Å². The largest absolute Gasteiger partial charge is 0.417 e. The van der Waals surface area contributed by atoms with E-state index < -0.39 is 82.5 Å². The van der Waals surface area contributed by atoms with Crippen LogP contribution in [-0.2, 0) is 43.2 Å². The lowest BCUT2D eigenvalue weighted by atomic mass is 9.85. The molecule has 5 atom stereocenters. The number of pyridine rings is 1. The van der Waals surface area contributed by atoms with E-state index in [0.717, 1.165) is 33.5 Å². The zero-order valence-electron chi connectivity index (χ0n) is 49.2. The fourth-order valence-corrected chi connectivity index (χ4v) is 12.1. The molecule has 460 valence electrons. The normalized spacial score (nSPS) is 20.2. The lowest BCUT2D eigenvalue weighted by Gasteiger charge is -2.44. The first-order valence-electron chi connectivity index (χ1n) is 28.6. The van der Waals surface area contributed by atoms with Crippen LogP contribution in [0.25, 0.3) is 16.0 Å². The molecular formula is C60H73F4N13O8S. The lowest BCUT2D eigenvalue weighted by molar-refractivity contribution is -0.145. The van der Waals surface area contributed by atoms with Crippen molar-refractivity contribution in [2.24, 2.45) is 5.41 Å². The van der Waals surface area contributed by atoms with Crippen LogP contribution in [0.5, 0.6) is 0 Å². The highest BCUT2D eigenvalue weighted by Gasteiger charge is 2.45. The molecule has 5 N–H and O–H groups in total. The maximum absolute atomic E-state index is 16.3. The van der Waals surface area contributed by atoms with Crippen molar-refractivity contribution in [3.63, 3.8) is 0 Å². The highest BCUT2D eigenvalue weighted by atomic mass is 32.1. The lowest BCUT2D eigenvalue weighted by Crippen LogP contribution is -2.58. The van der Waals surface area contributed by atoms with Crippen LogP contribution < -0.4 is 31.3 Å². The van der Waals surface area contributed by atoms with Gasteiger partial charge in [-0.15, -0.1) is 11.3 Å². The molecular weight excluding hydrogens is 1140 g/mol. The van der Waals surface area contributed by atoms with E-state index in [-0.39, 0.29) is 55.4 Å². The van der Waals surface area contributed by atoms with Gasteiger partial charge in [0.25, 0.3) is 5.91 Å². The Morgan fingerprint density at radius 3 is 2.22 bits per heavy atom. The zero-order valence-corrected chi connectivity index (χ0v) is 50.0. The van der Waals surface area contributed by atoms with Gasteiger partial charge in [0.1, 0.15) is 31.1 Å². The summed E-state index contributed by atoms with van der Waals surface area (Å²) in [5, 5.41) is 18.9. The number of piperazine rings is 2. The maximum Gasteiger partial charge on any atom is 0.417 e. The standard InChI is InChI=1S/C60H73F4N13O8S/c1-35-28-76(29-36(2)72(35)7)48-23-46(61)43(21-47(48)70-55(82)44-27-65-50(79)22-45(44)60(62,63)64)40-12-14-75(15-13-40)58-67-25-39(26-68-58)30-73-16-18-74(19-17-73)52(81)33-85-32-51(80)71-54(59(4,5)6)57(84)77-31-42(78)20-49(77)56(83)66-24-38-8-10-41(11-9-38)53-37(3)69-34-86-53/h8-12,21-23,25-27,34-36,42,49,54,78H,13-20,24,28-33H2,1-7H3,(H,65,79)(H,66,83)(H,70,82)(H,71,80)/t35-,36+,42-,49+,54?/m1/s1. The van der Waals surface area contributed by atoms with Crippen molar-refractivity contribution in [2.75, 3.05) is 94.3 Å². The van der Waals surface area contributed by atoms with E-state index >= 15 is 4.39 Å². The molecule has 5 aromatic rings. The van der Waals surface area contributed by atoms with Gasteiger partial charge in [-0.2, -0.15) is 13.2 Å². The summed E-state index contributed by atoms with van der Waals surface area (Å²) in [4.78, 5) is 108. The Balaban J connectivity index is 0.735. The monoisotopic (exact) mass is 1210 g/mol. The summed E-state index contributed by atoms with van der Waals surface area (Å²) in [6.07, 6.45) is 0.491. The first-order valence-corrected chi connectivity index (χ1v) is 29.5. The summed E-state index contributed by atoms with van der Waals surface area (Å²) in [6, 6.07) is 8.92. The number of hydrogen-bond donors (Lipinski definition) is 5. The molecule has 3 fully saturated rings. The number of aliphatic hydroxyl groups is 1. The van der Waals surface area contributed by atoms with Crippen molar-refractivity contribution in [1.29, 1.82) is 0 Å². The summed E-state index contributed by atoms with van der Waals surface area (Å²) < 4.78 is 64.0. The van der Waals surface area contributed by atoms with Gasteiger partial charge in [0.2, 0.25) is 35.1 Å². The van der Waals surface area contributed by atoms with Crippen molar-refractivity contribution < 1.29 is 51.4 Å². The van der Waals surface area contributed by atoms with Crippen LogP contribution in [0, 0.1) is 18.2 Å². The molecule has 4 aliphatic rings. The Morgan fingerprint density at radius 2 is 1.59 bits per heavy atom. The summed E-state index contributed by atoms with van der Waals surface area (Å²) in [7, 11) is 1.98. The number of likely N-dealkylation sites (N-methyl/N-ethyl adjacent to an activating group) is 1. The third kappa shape index (κ3) is 14.9. The average molecular weight is 1210 g/mol. The second kappa shape index (κ2) is 26.5. The van der Waals surface area contributed by atoms with Crippen LogP contribution in [0.15, 0.2) is 77.4 Å². The van der Waals surface area contributed by atoms with Gasteiger partial charge in [0.05, 0.1) is 44.7 Å². The number of aliphatic hydroxyl groups excluding tert-OH is 1. The molecule has 4 aliphatic heterocycles. The van der Waals surface area contributed by atoms with Gasteiger partial charge in [-0.1, -0.05) is 51.1 Å². The number of aryl methyl sites for hydroxylation is 1. The minimum Gasteiger partial charge on any atom is -0.391 e. The fourth-order valence-electron chi connectivity index (χ4n) is 11.3. The van der Waals surface area contributed by atoms with Crippen molar-refractivity contribution in [3.05, 3.63) is 122 Å². The van der Waals surface area contributed by atoms with Crippen molar-refractivity contribution in [1.82, 2.24) is 50.2 Å². The average Bonchev–Trinajstić information content (AvgIpc) is 1.61. The number of β-amino-alcohol motifs (C(OH)–C–C–N with tert-alkyl or cyclic N) is 1. The fraction of sp³-hybridized carbons (Fsp3) is 0.483. The predicted molar refractivity (Wildman–Crippen MR) is 316 cm³/mol. The van der Waals surface area contributed by atoms with E-state index in [1.54, 1.807) is 54.9 Å². The Kier molecular flexibility index (Phi) is 19.4. The Hall–Kier alpha value is -7.65. The topological polar surface area (TPSA) is 242 Å². The van der Waals surface area contributed by atoms with Crippen LogP contribution in [0.1, 0.15) is 85.8 Å². The number of H-pyrrole nitrogens is 1. The second-order valence-corrected chi connectivity index (χ2v) is 24.5. The van der Waals surface area contributed by atoms with E-state index in [9.17, 15) is 47.0 Å². The number of likely N-dealkylation sites (tertiary alicyclic amines) is 1. The Bertz CT molecular complexity index is 3370. The van der Waals surface area contributed by atoms with E-state index in [2.05, 4.69) is 45.7 Å². The number of thiazole rings is 1. The zero-order chi connectivity index (χ0) is 61.8.